The zero-order valence-corrected chi connectivity index (χ0v) is 11.1. The van der Waals surface area contributed by atoms with Gasteiger partial charge in [0.05, 0.1) is 12.1 Å². The van der Waals surface area contributed by atoms with Crippen molar-refractivity contribution < 1.29 is 4.74 Å². The topological polar surface area (TPSA) is 47.3 Å². The lowest BCUT2D eigenvalue weighted by Crippen LogP contribution is -2.37. The van der Waals surface area contributed by atoms with E-state index in [1.807, 2.05) is 0 Å². The average Bonchev–Trinajstić information content (AvgIpc) is 2.37. The molecule has 0 bridgehead atoms. The van der Waals surface area contributed by atoms with Gasteiger partial charge in [-0.1, -0.05) is 44.5 Å². The Morgan fingerprint density at radius 3 is 2.29 bits per heavy atom. The van der Waals surface area contributed by atoms with Gasteiger partial charge in [0.1, 0.15) is 0 Å². The number of benzene rings is 1. The third-order valence-electron chi connectivity index (χ3n) is 3.13. The van der Waals surface area contributed by atoms with Gasteiger partial charge in [-0.15, -0.1) is 0 Å². The maximum atomic E-state index is 5.62. The number of nitrogens with two attached hydrogens (primary N) is 1. The Bertz CT molecular complexity index is 307. The number of methoxy groups -OCH3 is 1. The Labute approximate surface area is 104 Å². The molecule has 0 aliphatic heterocycles. The van der Waals surface area contributed by atoms with Gasteiger partial charge in [0.25, 0.3) is 0 Å². The molecule has 0 amide bonds. The molecule has 2 unspecified atom stereocenters. The van der Waals surface area contributed by atoms with Gasteiger partial charge in [-0.05, 0) is 24.0 Å². The summed E-state index contributed by atoms with van der Waals surface area (Å²) in [6.07, 6.45) is 3.34. The lowest BCUT2D eigenvalue weighted by molar-refractivity contribution is 0.0651. The number of aryl methyl sites for hydroxylation is 1. The van der Waals surface area contributed by atoms with E-state index in [1.165, 1.54) is 17.5 Å². The highest BCUT2D eigenvalue weighted by Gasteiger charge is 2.19. The van der Waals surface area contributed by atoms with E-state index < -0.39 is 0 Å². The van der Waals surface area contributed by atoms with E-state index in [1.54, 1.807) is 7.11 Å². The van der Waals surface area contributed by atoms with Gasteiger partial charge in [0, 0.05) is 7.11 Å². The molecule has 3 heteroatoms. The van der Waals surface area contributed by atoms with Crippen molar-refractivity contribution in [2.45, 2.75) is 45.3 Å². The number of rotatable bonds is 7. The molecule has 1 aromatic rings. The zero-order valence-electron chi connectivity index (χ0n) is 11.1. The van der Waals surface area contributed by atoms with Crippen LogP contribution in [-0.2, 0) is 11.2 Å². The van der Waals surface area contributed by atoms with Crippen molar-refractivity contribution in [2.24, 2.45) is 5.84 Å². The molecule has 3 nitrogen and oxygen atoms in total. The first-order chi connectivity index (χ1) is 8.26. The summed E-state index contributed by atoms with van der Waals surface area (Å²) in [6, 6.07) is 8.67. The molecule has 1 aromatic carbocycles. The predicted octanol–water partition coefficient (Wildman–Crippen LogP) is 2.57. The van der Waals surface area contributed by atoms with Crippen molar-refractivity contribution in [3.8, 4) is 0 Å². The summed E-state index contributed by atoms with van der Waals surface area (Å²) in [5.41, 5.74) is 5.40. The Balaban J connectivity index is 2.81. The minimum atomic E-state index is 0.0562. The standard InChI is InChI=1S/C14H24N2O/c1-4-6-11-7-9-12(10-8-11)14(16-15)13(5-2)17-3/h7-10,13-14,16H,4-6,15H2,1-3H3. The molecule has 2 atom stereocenters. The third kappa shape index (κ3) is 3.80. The molecule has 0 aliphatic rings. The van der Waals surface area contributed by atoms with Crippen LogP contribution in [0.5, 0.6) is 0 Å². The fourth-order valence-corrected chi connectivity index (χ4v) is 2.14. The molecule has 0 aromatic heterocycles. The Hall–Kier alpha value is -0.900. The molecule has 0 saturated heterocycles. The van der Waals surface area contributed by atoms with E-state index in [2.05, 4.69) is 43.5 Å². The SMILES string of the molecule is CCCc1ccc(C(NN)C(CC)OC)cc1. The van der Waals surface area contributed by atoms with Gasteiger partial charge in [0.2, 0.25) is 0 Å². The van der Waals surface area contributed by atoms with Crippen molar-refractivity contribution in [3.63, 3.8) is 0 Å². The van der Waals surface area contributed by atoms with Crippen molar-refractivity contribution in [2.75, 3.05) is 7.11 Å². The van der Waals surface area contributed by atoms with Crippen LogP contribution in [0.15, 0.2) is 24.3 Å². The van der Waals surface area contributed by atoms with Gasteiger partial charge in [0.15, 0.2) is 0 Å². The quantitative estimate of drug-likeness (QED) is 0.565. The maximum Gasteiger partial charge on any atom is 0.0776 e. The first kappa shape index (κ1) is 14.2. The van der Waals surface area contributed by atoms with Crippen LogP contribution in [-0.4, -0.2) is 13.2 Å². The summed E-state index contributed by atoms with van der Waals surface area (Å²) in [5.74, 6) is 5.62. The highest BCUT2D eigenvalue weighted by molar-refractivity contribution is 5.25. The van der Waals surface area contributed by atoms with Gasteiger partial charge in [-0.3, -0.25) is 11.3 Å². The van der Waals surface area contributed by atoms with Crippen LogP contribution in [0.4, 0.5) is 0 Å². The molecular formula is C14H24N2O. The minimum Gasteiger partial charge on any atom is -0.379 e. The summed E-state index contributed by atoms with van der Waals surface area (Å²) in [6.45, 7) is 4.29. The molecule has 1 rings (SSSR count). The third-order valence-corrected chi connectivity index (χ3v) is 3.13. The highest BCUT2D eigenvalue weighted by Crippen LogP contribution is 2.21. The van der Waals surface area contributed by atoms with Gasteiger partial charge in [-0.25, -0.2) is 0 Å². The van der Waals surface area contributed by atoms with Crippen LogP contribution in [0.2, 0.25) is 0 Å². The molecule has 17 heavy (non-hydrogen) atoms. The number of hydrazine groups is 1. The van der Waals surface area contributed by atoms with E-state index in [0.29, 0.717) is 0 Å². The molecule has 3 N–H and O–H groups in total. The number of nitrogens with one attached hydrogen (secondary N) is 1. The fraction of sp³-hybridized carbons (Fsp3) is 0.571. The largest absolute Gasteiger partial charge is 0.379 e. The Kier molecular flexibility index (Phi) is 6.19. The lowest BCUT2D eigenvalue weighted by atomic mass is 9.98. The van der Waals surface area contributed by atoms with E-state index in [-0.39, 0.29) is 12.1 Å². The average molecular weight is 236 g/mol. The van der Waals surface area contributed by atoms with Crippen molar-refractivity contribution in [1.82, 2.24) is 5.43 Å². The van der Waals surface area contributed by atoms with Crippen LogP contribution in [0, 0.1) is 0 Å². The van der Waals surface area contributed by atoms with Gasteiger partial charge in [-0.2, -0.15) is 0 Å². The van der Waals surface area contributed by atoms with Crippen LogP contribution in [0.25, 0.3) is 0 Å². The highest BCUT2D eigenvalue weighted by atomic mass is 16.5. The molecule has 0 radical (unpaired) electrons. The van der Waals surface area contributed by atoms with Crippen LogP contribution < -0.4 is 11.3 Å². The summed E-state index contributed by atoms with van der Waals surface area (Å²) in [4.78, 5) is 0. The van der Waals surface area contributed by atoms with E-state index >= 15 is 0 Å². The van der Waals surface area contributed by atoms with Crippen LogP contribution >= 0.6 is 0 Å². The summed E-state index contributed by atoms with van der Waals surface area (Å²) >= 11 is 0. The second kappa shape index (κ2) is 7.43. The van der Waals surface area contributed by atoms with Gasteiger partial charge < -0.3 is 4.74 Å². The molecule has 0 heterocycles. The van der Waals surface area contributed by atoms with Crippen molar-refractivity contribution >= 4 is 0 Å². The van der Waals surface area contributed by atoms with Gasteiger partial charge >= 0.3 is 0 Å². The Morgan fingerprint density at radius 2 is 1.88 bits per heavy atom. The second-order valence-corrected chi connectivity index (χ2v) is 4.32. The van der Waals surface area contributed by atoms with E-state index in [4.69, 9.17) is 10.6 Å². The maximum absolute atomic E-state index is 5.62. The normalized spacial score (nSPS) is 14.6. The first-order valence-electron chi connectivity index (χ1n) is 6.34. The zero-order chi connectivity index (χ0) is 12.7. The van der Waals surface area contributed by atoms with Crippen molar-refractivity contribution in [1.29, 1.82) is 0 Å². The predicted molar refractivity (Wildman–Crippen MR) is 71.6 cm³/mol. The van der Waals surface area contributed by atoms with Crippen LogP contribution in [0.1, 0.15) is 43.9 Å². The first-order valence-corrected chi connectivity index (χ1v) is 6.34. The molecule has 96 valence electrons. The Morgan fingerprint density at radius 1 is 1.24 bits per heavy atom. The van der Waals surface area contributed by atoms with Crippen LogP contribution in [0.3, 0.4) is 0 Å². The molecule has 0 saturated carbocycles. The molecule has 0 spiro atoms. The summed E-state index contributed by atoms with van der Waals surface area (Å²) < 4.78 is 5.44. The summed E-state index contributed by atoms with van der Waals surface area (Å²) in [7, 11) is 1.73. The smallest absolute Gasteiger partial charge is 0.0776 e. The fourth-order valence-electron chi connectivity index (χ4n) is 2.14. The van der Waals surface area contributed by atoms with E-state index in [9.17, 15) is 0 Å². The van der Waals surface area contributed by atoms with Crippen molar-refractivity contribution in [3.05, 3.63) is 35.4 Å². The van der Waals surface area contributed by atoms with E-state index in [0.717, 1.165) is 12.8 Å². The molecule has 0 aliphatic carbocycles. The minimum absolute atomic E-state index is 0.0562. The number of hydrogen-bond donors (Lipinski definition) is 2. The number of hydrogen-bond acceptors (Lipinski definition) is 3. The number of ether oxygens (including phenoxy) is 1. The summed E-state index contributed by atoms with van der Waals surface area (Å²) in [5, 5.41) is 0. The second-order valence-electron chi connectivity index (χ2n) is 4.32. The molecular weight excluding hydrogens is 212 g/mol. The lowest BCUT2D eigenvalue weighted by Gasteiger charge is -2.24. The monoisotopic (exact) mass is 236 g/mol. The molecule has 0 fully saturated rings.